The van der Waals surface area contributed by atoms with E-state index in [1.165, 1.54) is 0 Å². The van der Waals surface area contributed by atoms with Gasteiger partial charge in [-0.1, -0.05) is 0 Å². The van der Waals surface area contributed by atoms with E-state index in [9.17, 15) is 9.59 Å². The van der Waals surface area contributed by atoms with Gasteiger partial charge in [0, 0.05) is 13.2 Å². The molecule has 0 aromatic heterocycles. The first-order valence-corrected chi connectivity index (χ1v) is 6.73. The Morgan fingerprint density at radius 1 is 1.15 bits per heavy atom. The molecule has 1 atom stereocenters. The van der Waals surface area contributed by atoms with Crippen LogP contribution in [0.1, 0.15) is 34.6 Å². The third-order valence-corrected chi connectivity index (χ3v) is 2.99. The normalized spacial score (nSPS) is 22.0. The number of carbonyl (C=O) groups excluding carboxylic acids is 2. The van der Waals surface area contributed by atoms with Crippen LogP contribution in [0.4, 0.5) is 0 Å². The van der Waals surface area contributed by atoms with Gasteiger partial charge in [0.2, 0.25) is 0 Å². The van der Waals surface area contributed by atoms with Crippen LogP contribution in [0.5, 0.6) is 0 Å². The Morgan fingerprint density at radius 3 is 2.15 bits per heavy atom. The summed E-state index contributed by atoms with van der Waals surface area (Å²) in [5.41, 5.74) is -0.498. The van der Waals surface area contributed by atoms with Gasteiger partial charge in [-0.25, -0.2) is 9.59 Å². The Balaban J connectivity index is 2.86. The van der Waals surface area contributed by atoms with Crippen LogP contribution < -0.4 is 0 Å². The maximum atomic E-state index is 12.1. The molecule has 1 heterocycles. The average Bonchev–Trinajstić information content (AvgIpc) is 2.30. The number of carbonyl (C=O) groups is 2. The number of likely N-dealkylation sites (N-methyl/N-ethyl adjacent to an activating group) is 1. The number of ether oxygens (including phenoxy) is 2. The lowest BCUT2D eigenvalue weighted by atomic mass is 9.95. The predicted molar refractivity (Wildman–Crippen MR) is 75.8 cm³/mol. The van der Waals surface area contributed by atoms with Crippen molar-refractivity contribution in [3.05, 3.63) is 23.9 Å². The van der Waals surface area contributed by atoms with Crippen molar-refractivity contribution in [2.24, 2.45) is 0 Å². The maximum Gasteiger partial charge on any atom is 0.339 e. The molecule has 0 amide bonds. The Kier molecular flexibility index (Phi) is 4.98. The van der Waals surface area contributed by atoms with Crippen LogP contribution in [0.2, 0.25) is 0 Å². The summed E-state index contributed by atoms with van der Waals surface area (Å²) in [7, 11) is 1.73. The highest BCUT2D eigenvalue weighted by molar-refractivity contribution is 5.93. The minimum absolute atomic E-state index is 0.179. The zero-order valence-corrected chi connectivity index (χ0v) is 13.0. The fraction of sp³-hybridized carbons (Fsp3) is 0.600. The Morgan fingerprint density at radius 2 is 1.70 bits per heavy atom. The summed E-state index contributed by atoms with van der Waals surface area (Å²) in [5, 5.41) is 0. The third kappa shape index (κ3) is 3.62. The van der Waals surface area contributed by atoms with Crippen molar-refractivity contribution in [1.29, 1.82) is 0 Å². The summed E-state index contributed by atoms with van der Waals surface area (Å²) in [6.07, 6.45) is 4.51. The molecule has 1 aliphatic rings. The molecule has 0 aliphatic carbocycles. The van der Waals surface area contributed by atoms with Crippen LogP contribution >= 0.6 is 0 Å². The van der Waals surface area contributed by atoms with Gasteiger partial charge in [-0.2, -0.15) is 0 Å². The first-order valence-electron chi connectivity index (χ1n) is 6.73. The molecule has 1 aliphatic heterocycles. The molecular weight excluding hydrogens is 258 g/mol. The molecule has 0 N–H and O–H groups in total. The molecule has 5 nitrogen and oxygen atoms in total. The van der Waals surface area contributed by atoms with E-state index in [1.54, 1.807) is 64.9 Å². The van der Waals surface area contributed by atoms with Gasteiger partial charge >= 0.3 is 11.9 Å². The molecule has 112 valence electrons. The summed E-state index contributed by atoms with van der Waals surface area (Å²) in [6, 6.07) is 0. The Labute approximate surface area is 120 Å². The zero-order chi connectivity index (χ0) is 15.5. The number of nitrogens with zero attached hydrogens (tertiary/aromatic N) is 1. The molecule has 5 heteroatoms. The molecule has 0 aromatic rings. The van der Waals surface area contributed by atoms with E-state index in [0.717, 1.165) is 0 Å². The molecule has 1 unspecified atom stereocenters. The highest BCUT2D eigenvalue weighted by Gasteiger charge is 2.38. The van der Waals surface area contributed by atoms with E-state index in [4.69, 9.17) is 9.47 Å². The minimum Gasteiger partial charge on any atom is -0.461 e. The molecule has 0 bridgehead atoms. The fourth-order valence-corrected chi connectivity index (χ4v) is 1.70. The molecule has 0 aromatic carbocycles. The van der Waals surface area contributed by atoms with Crippen molar-refractivity contribution in [3.8, 4) is 0 Å². The minimum atomic E-state index is -0.911. The Hall–Kier alpha value is -1.78. The third-order valence-electron chi connectivity index (χ3n) is 2.99. The summed E-state index contributed by atoms with van der Waals surface area (Å²) in [4.78, 5) is 25.6. The number of hydrogen-bond donors (Lipinski definition) is 0. The second-order valence-electron chi connectivity index (χ2n) is 5.58. The number of rotatable bonds is 4. The van der Waals surface area contributed by atoms with Crippen molar-refractivity contribution in [3.63, 3.8) is 0 Å². The van der Waals surface area contributed by atoms with E-state index in [1.807, 2.05) is 0 Å². The maximum absolute atomic E-state index is 12.1. The van der Waals surface area contributed by atoms with Gasteiger partial charge in [0.1, 0.15) is 0 Å². The van der Waals surface area contributed by atoms with E-state index in [0.29, 0.717) is 5.57 Å². The zero-order valence-electron chi connectivity index (χ0n) is 13.0. The van der Waals surface area contributed by atoms with E-state index >= 15 is 0 Å². The van der Waals surface area contributed by atoms with Crippen molar-refractivity contribution >= 4 is 11.9 Å². The van der Waals surface area contributed by atoms with Crippen LogP contribution in [-0.4, -0.2) is 41.6 Å². The predicted octanol–water partition coefficient (Wildman–Crippen LogP) is 2.03. The number of esters is 2. The lowest BCUT2D eigenvalue weighted by molar-refractivity contribution is -0.156. The van der Waals surface area contributed by atoms with E-state index in [2.05, 4.69) is 0 Å². The molecule has 0 spiro atoms. The van der Waals surface area contributed by atoms with E-state index < -0.39 is 11.5 Å². The first-order chi connectivity index (χ1) is 9.16. The second-order valence-corrected chi connectivity index (χ2v) is 5.58. The standard InChI is InChI=1S/C15H23NO4/c1-10(2)19-13(17)12-7-8-15(5,16(6)9-12)14(18)20-11(3)4/h7-11H,1-6H3. The quantitative estimate of drug-likeness (QED) is 0.738. The van der Waals surface area contributed by atoms with Crippen LogP contribution in [0.25, 0.3) is 0 Å². The van der Waals surface area contributed by atoms with Gasteiger partial charge < -0.3 is 14.4 Å². The molecular formula is C15H23NO4. The summed E-state index contributed by atoms with van der Waals surface area (Å²) >= 11 is 0. The SMILES string of the molecule is CC(C)OC(=O)C1=CN(C)C(C)(C(=O)OC(C)C)C=C1. The lowest BCUT2D eigenvalue weighted by Gasteiger charge is -2.36. The average molecular weight is 281 g/mol. The van der Waals surface area contributed by atoms with Crippen molar-refractivity contribution in [2.75, 3.05) is 7.05 Å². The summed E-state index contributed by atoms with van der Waals surface area (Å²) in [5.74, 6) is -0.749. The van der Waals surface area contributed by atoms with Crippen molar-refractivity contribution in [2.45, 2.75) is 52.4 Å². The molecule has 1 rings (SSSR count). The first kappa shape index (κ1) is 16.3. The van der Waals surface area contributed by atoms with E-state index in [-0.39, 0.29) is 18.2 Å². The van der Waals surface area contributed by atoms with Gasteiger partial charge in [-0.15, -0.1) is 0 Å². The molecule has 0 saturated heterocycles. The smallest absolute Gasteiger partial charge is 0.339 e. The largest absolute Gasteiger partial charge is 0.461 e. The van der Waals surface area contributed by atoms with Gasteiger partial charge in [-0.05, 0) is 46.8 Å². The molecule has 20 heavy (non-hydrogen) atoms. The number of hydrogen-bond acceptors (Lipinski definition) is 5. The highest BCUT2D eigenvalue weighted by Crippen LogP contribution is 2.25. The fourth-order valence-electron chi connectivity index (χ4n) is 1.70. The van der Waals surface area contributed by atoms with Crippen LogP contribution in [-0.2, 0) is 19.1 Å². The van der Waals surface area contributed by atoms with Crippen LogP contribution in [0.15, 0.2) is 23.9 Å². The highest BCUT2D eigenvalue weighted by atomic mass is 16.5. The van der Waals surface area contributed by atoms with Crippen LogP contribution in [0, 0.1) is 0 Å². The van der Waals surface area contributed by atoms with Gasteiger partial charge in [0.15, 0.2) is 5.54 Å². The molecule has 0 fully saturated rings. The monoisotopic (exact) mass is 281 g/mol. The molecule has 0 saturated carbocycles. The van der Waals surface area contributed by atoms with Gasteiger partial charge in [-0.3, -0.25) is 0 Å². The van der Waals surface area contributed by atoms with Gasteiger partial charge in [0.25, 0.3) is 0 Å². The molecule has 0 radical (unpaired) electrons. The summed E-state index contributed by atoms with van der Waals surface area (Å²) < 4.78 is 10.4. The second kappa shape index (κ2) is 6.11. The van der Waals surface area contributed by atoms with Crippen molar-refractivity contribution in [1.82, 2.24) is 4.90 Å². The van der Waals surface area contributed by atoms with Crippen LogP contribution in [0.3, 0.4) is 0 Å². The Bertz CT molecular complexity index is 451. The summed E-state index contributed by atoms with van der Waals surface area (Å²) in [6.45, 7) is 8.93. The van der Waals surface area contributed by atoms with Crippen molar-refractivity contribution < 1.29 is 19.1 Å². The topological polar surface area (TPSA) is 55.8 Å². The lowest BCUT2D eigenvalue weighted by Crippen LogP contribution is -2.49. The van der Waals surface area contributed by atoms with Gasteiger partial charge in [0.05, 0.1) is 17.8 Å².